The van der Waals surface area contributed by atoms with Gasteiger partial charge in [-0.3, -0.25) is 4.79 Å². The van der Waals surface area contributed by atoms with Gasteiger partial charge in [-0.05, 0) is 38.0 Å². The van der Waals surface area contributed by atoms with Crippen LogP contribution in [0.5, 0.6) is 0 Å². The fraction of sp³-hybridized carbons (Fsp3) is 0.611. The van der Waals surface area contributed by atoms with Crippen molar-refractivity contribution < 1.29 is 18.1 Å². The Morgan fingerprint density at radius 3 is 2.46 bits per heavy atom. The minimum atomic E-state index is -3.55. The summed E-state index contributed by atoms with van der Waals surface area (Å²) in [5, 5.41) is 3.17. The predicted molar refractivity (Wildman–Crippen MR) is 102 cm³/mol. The van der Waals surface area contributed by atoms with E-state index in [1.54, 1.807) is 6.07 Å². The lowest BCUT2D eigenvalue weighted by Crippen LogP contribution is -3.14. The molecule has 0 saturated carbocycles. The number of likely N-dealkylation sites (tertiary alicyclic amines) is 1. The number of nitrogens with one attached hydrogen (secondary N) is 2. The van der Waals surface area contributed by atoms with Crippen LogP contribution in [-0.4, -0.2) is 50.9 Å². The number of hydrogen-bond donors (Lipinski definition) is 2. The first-order valence-electron chi connectivity index (χ1n) is 9.35. The zero-order valence-corrected chi connectivity index (χ0v) is 16.7. The van der Waals surface area contributed by atoms with Crippen LogP contribution in [-0.2, 0) is 14.8 Å². The minimum absolute atomic E-state index is 0.128. The summed E-state index contributed by atoms with van der Waals surface area (Å²) in [6.45, 7) is 4.97. The molecule has 0 unspecified atom stereocenters. The van der Waals surface area contributed by atoms with Crippen LogP contribution < -0.4 is 10.2 Å². The molecule has 0 spiro atoms. The Morgan fingerprint density at radius 1 is 1.15 bits per heavy atom. The highest BCUT2D eigenvalue weighted by molar-refractivity contribution is 7.89. The third-order valence-electron chi connectivity index (χ3n) is 5.40. The molecule has 1 aromatic carbocycles. The average Bonchev–Trinajstić information content (AvgIpc) is 3.18. The maximum atomic E-state index is 12.8. The number of nitrogens with zero attached hydrogens (tertiary/aromatic N) is 1. The number of sulfonamides is 1. The normalized spacial score (nSPS) is 20.8. The van der Waals surface area contributed by atoms with Gasteiger partial charge in [0.2, 0.25) is 10.0 Å². The number of hydrogen-bond acceptors (Lipinski definition) is 3. The molecule has 1 aromatic rings. The first-order chi connectivity index (χ1) is 12.4. The number of rotatable bonds is 5. The standard InChI is InChI=1S/C18H26ClN3O3S/c1-14(21-9-5-6-10-21)18(23)20-17-13-15(7-8-16(17)19)26(24,25)22-11-3-2-4-12-22/h7-8,13-14H,2-6,9-12H2,1H3,(H,20,23)/p+1/t14-/m1/s1. The molecule has 2 aliphatic rings. The third kappa shape index (κ3) is 4.22. The van der Waals surface area contributed by atoms with E-state index in [0.29, 0.717) is 23.8 Å². The molecule has 2 saturated heterocycles. The molecule has 3 rings (SSSR count). The highest BCUT2D eigenvalue weighted by Crippen LogP contribution is 2.28. The summed E-state index contributed by atoms with van der Waals surface area (Å²) < 4.78 is 27.2. The smallest absolute Gasteiger partial charge is 0.282 e. The van der Waals surface area contributed by atoms with Crippen molar-refractivity contribution >= 4 is 33.2 Å². The monoisotopic (exact) mass is 400 g/mol. The zero-order chi connectivity index (χ0) is 18.7. The molecule has 2 heterocycles. The molecule has 2 N–H and O–H groups in total. The molecule has 26 heavy (non-hydrogen) atoms. The summed E-state index contributed by atoms with van der Waals surface area (Å²) >= 11 is 6.21. The van der Waals surface area contributed by atoms with Gasteiger partial charge in [-0.25, -0.2) is 8.42 Å². The Labute approximate surface area is 160 Å². The highest BCUT2D eigenvalue weighted by Gasteiger charge is 2.29. The zero-order valence-electron chi connectivity index (χ0n) is 15.1. The molecule has 144 valence electrons. The van der Waals surface area contributed by atoms with Crippen molar-refractivity contribution in [3.63, 3.8) is 0 Å². The highest BCUT2D eigenvalue weighted by atomic mass is 35.5. The summed E-state index contributed by atoms with van der Waals surface area (Å²) in [5.74, 6) is -0.128. The maximum Gasteiger partial charge on any atom is 0.282 e. The van der Waals surface area contributed by atoms with E-state index >= 15 is 0 Å². The van der Waals surface area contributed by atoms with Crippen LogP contribution in [0, 0.1) is 0 Å². The number of carbonyl (C=O) groups is 1. The summed E-state index contributed by atoms with van der Waals surface area (Å²) in [7, 11) is -3.55. The summed E-state index contributed by atoms with van der Waals surface area (Å²) in [5.41, 5.74) is 0.361. The second-order valence-electron chi connectivity index (χ2n) is 7.18. The second kappa shape index (κ2) is 8.25. The van der Waals surface area contributed by atoms with Crippen LogP contribution in [0.2, 0.25) is 5.02 Å². The van der Waals surface area contributed by atoms with Gasteiger partial charge >= 0.3 is 0 Å². The molecule has 2 aliphatic heterocycles. The maximum absolute atomic E-state index is 12.8. The van der Waals surface area contributed by atoms with Crippen molar-refractivity contribution in [3.05, 3.63) is 23.2 Å². The molecule has 0 aliphatic carbocycles. The summed E-state index contributed by atoms with van der Waals surface area (Å²) in [6.07, 6.45) is 5.10. The van der Waals surface area contributed by atoms with E-state index in [2.05, 4.69) is 5.32 Å². The lowest BCUT2D eigenvalue weighted by Gasteiger charge is -2.26. The van der Waals surface area contributed by atoms with E-state index in [4.69, 9.17) is 11.6 Å². The Balaban J connectivity index is 1.77. The van der Waals surface area contributed by atoms with Gasteiger partial charge in [-0.2, -0.15) is 4.31 Å². The molecule has 0 aromatic heterocycles. The lowest BCUT2D eigenvalue weighted by molar-refractivity contribution is -0.901. The van der Waals surface area contributed by atoms with Crippen LogP contribution in [0.4, 0.5) is 5.69 Å². The molecular formula is C18H27ClN3O3S+. The summed E-state index contributed by atoms with van der Waals surface area (Å²) in [6, 6.07) is 4.35. The molecule has 0 bridgehead atoms. The van der Waals surface area contributed by atoms with Crippen LogP contribution in [0.15, 0.2) is 23.1 Å². The number of amides is 1. The first-order valence-corrected chi connectivity index (χ1v) is 11.2. The largest absolute Gasteiger partial charge is 0.325 e. The Morgan fingerprint density at radius 2 is 1.81 bits per heavy atom. The summed E-state index contributed by atoms with van der Waals surface area (Å²) in [4.78, 5) is 14.0. The molecule has 1 atom stereocenters. The molecule has 2 fully saturated rings. The third-order valence-corrected chi connectivity index (χ3v) is 7.62. The van der Waals surface area contributed by atoms with Gasteiger partial charge < -0.3 is 10.2 Å². The van der Waals surface area contributed by atoms with Crippen LogP contribution in [0.25, 0.3) is 0 Å². The number of anilines is 1. The van der Waals surface area contributed by atoms with Crippen molar-refractivity contribution in [1.29, 1.82) is 0 Å². The van der Waals surface area contributed by atoms with Crippen LogP contribution in [0.3, 0.4) is 0 Å². The predicted octanol–water partition coefficient (Wildman–Crippen LogP) is 1.52. The number of piperidine rings is 1. The fourth-order valence-electron chi connectivity index (χ4n) is 3.70. The van der Waals surface area contributed by atoms with Crippen LogP contribution >= 0.6 is 11.6 Å². The lowest BCUT2D eigenvalue weighted by atomic mass is 10.2. The van der Waals surface area contributed by atoms with Crippen molar-refractivity contribution in [1.82, 2.24) is 4.31 Å². The average molecular weight is 401 g/mol. The van der Waals surface area contributed by atoms with E-state index in [9.17, 15) is 13.2 Å². The van der Waals surface area contributed by atoms with E-state index in [-0.39, 0.29) is 16.8 Å². The Kier molecular flexibility index (Phi) is 6.22. The molecule has 8 heteroatoms. The van der Waals surface area contributed by atoms with Gasteiger partial charge in [0.1, 0.15) is 0 Å². The van der Waals surface area contributed by atoms with Gasteiger partial charge in [-0.1, -0.05) is 18.0 Å². The van der Waals surface area contributed by atoms with Crippen molar-refractivity contribution in [2.75, 3.05) is 31.5 Å². The van der Waals surface area contributed by atoms with Gasteiger partial charge in [0, 0.05) is 25.9 Å². The van der Waals surface area contributed by atoms with Gasteiger partial charge in [0.15, 0.2) is 6.04 Å². The van der Waals surface area contributed by atoms with Crippen LogP contribution in [0.1, 0.15) is 39.0 Å². The molecule has 1 amide bonds. The quantitative estimate of drug-likeness (QED) is 0.787. The van der Waals surface area contributed by atoms with E-state index in [1.807, 2.05) is 6.92 Å². The van der Waals surface area contributed by atoms with Gasteiger partial charge in [0.25, 0.3) is 5.91 Å². The number of benzene rings is 1. The molecular weight excluding hydrogens is 374 g/mol. The van der Waals surface area contributed by atoms with Crippen molar-refractivity contribution in [2.45, 2.75) is 50.0 Å². The van der Waals surface area contributed by atoms with Gasteiger partial charge in [0.05, 0.1) is 28.7 Å². The number of quaternary nitrogens is 1. The first kappa shape index (κ1) is 19.6. The second-order valence-corrected chi connectivity index (χ2v) is 9.53. The van der Waals surface area contributed by atoms with Gasteiger partial charge in [-0.15, -0.1) is 0 Å². The Hall–Kier alpha value is -1.15. The topological polar surface area (TPSA) is 70.9 Å². The van der Waals surface area contributed by atoms with E-state index < -0.39 is 10.0 Å². The van der Waals surface area contributed by atoms with Crippen molar-refractivity contribution in [3.8, 4) is 0 Å². The number of carbonyl (C=O) groups excluding carboxylic acids is 1. The fourth-order valence-corrected chi connectivity index (χ4v) is 5.41. The van der Waals surface area contributed by atoms with Crippen molar-refractivity contribution in [2.24, 2.45) is 0 Å². The molecule has 0 radical (unpaired) electrons. The number of halogens is 1. The van der Waals surface area contributed by atoms with E-state index in [1.165, 1.54) is 21.3 Å². The van der Waals surface area contributed by atoms with E-state index in [0.717, 1.165) is 45.2 Å². The SMILES string of the molecule is C[C@H](C(=O)Nc1cc(S(=O)(=O)N2CCCCC2)ccc1Cl)[NH+]1CCCC1. The minimum Gasteiger partial charge on any atom is -0.325 e. The molecule has 6 nitrogen and oxygen atoms in total. The Bertz CT molecular complexity index is 757.